The first-order chi connectivity index (χ1) is 21.0. The summed E-state index contributed by atoms with van der Waals surface area (Å²) in [6, 6.07) is 18.2. The van der Waals surface area contributed by atoms with E-state index < -0.39 is 5.79 Å². The van der Waals surface area contributed by atoms with Gasteiger partial charge in [-0.15, -0.1) is 11.3 Å². The van der Waals surface area contributed by atoms with Crippen molar-refractivity contribution in [3.05, 3.63) is 89.5 Å². The van der Waals surface area contributed by atoms with Gasteiger partial charge in [-0.05, 0) is 70.7 Å². The first kappa shape index (κ1) is 34.7. The Hall–Kier alpha value is -3.83. The zero-order valence-electron chi connectivity index (χ0n) is 26.5. The van der Waals surface area contributed by atoms with Gasteiger partial charge in [-0.1, -0.05) is 61.9 Å². The molecule has 236 valence electrons. The van der Waals surface area contributed by atoms with E-state index >= 15 is 0 Å². The number of rotatable bonds is 13. The molecule has 0 aliphatic rings. The van der Waals surface area contributed by atoms with Gasteiger partial charge in [-0.2, -0.15) is 4.98 Å². The van der Waals surface area contributed by atoms with Crippen molar-refractivity contribution < 1.29 is 20.1 Å². The maximum atomic E-state index is 9.65. The summed E-state index contributed by atoms with van der Waals surface area (Å²) in [6.07, 6.45) is 5.69. The summed E-state index contributed by atoms with van der Waals surface area (Å²) in [5.74, 6) is 0.693. The summed E-state index contributed by atoms with van der Waals surface area (Å²) in [5.41, 5.74) is 4.57. The van der Waals surface area contributed by atoms with E-state index in [1.807, 2.05) is 81.5 Å². The van der Waals surface area contributed by atoms with Gasteiger partial charge in [0.1, 0.15) is 23.2 Å². The Bertz CT molecular complexity index is 1490. The number of aliphatic hydroxyl groups is 3. The number of fused-ring (bicyclic) bond motifs is 1. The standard InChI is InChI=1S/C31H37N5O2S.C3H8O2/c1-5-12-25(22(4)38-20-24-13-8-7-9-14-24)35-31-33-21(3)28(29(36-31)32-18-17-23(6-2)19-37)30-34-26-15-10-11-16-27(26)39-30;1-3(2,4)5/h5,7-16,23,37H,6,17-20H2,1-4H3,(H2,32,33,35,36);4-5H,1-2H3/b12-5-,25-22-;. The van der Waals surface area contributed by atoms with Crippen LogP contribution in [0.25, 0.3) is 20.8 Å². The van der Waals surface area contributed by atoms with Crippen molar-refractivity contribution in [3.63, 3.8) is 0 Å². The number of aromatic nitrogens is 3. The van der Waals surface area contributed by atoms with Gasteiger partial charge in [0.15, 0.2) is 5.79 Å². The first-order valence-corrected chi connectivity index (χ1v) is 15.6. The number of hydrogen-bond donors (Lipinski definition) is 5. The van der Waals surface area contributed by atoms with Crippen molar-refractivity contribution in [2.45, 2.75) is 66.8 Å². The van der Waals surface area contributed by atoms with Crippen LogP contribution in [0.4, 0.5) is 11.8 Å². The molecule has 44 heavy (non-hydrogen) atoms. The van der Waals surface area contributed by atoms with Crippen molar-refractivity contribution in [2.75, 3.05) is 23.8 Å². The Morgan fingerprint density at radius 1 is 1.05 bits per heavy atom. The van der Waals surface area contributed by atoms with Crippen LogP contribution in [0.5, 0.6) is 0 Å². The van der Waals surface area contributed by atoms with Gasteiger partial charge in [0, 0.05) is 13.2 Å². The molecule has 0 bridgehead atoms. The largest absolute Gasteiger partial charge is 0.491 e. The molecule has 5 N–H and O–H groups in total. The average Bonchev–Trinajstić information content (AvgIpc) is 3.41. The third-order valence-corrected chi connectivity index (χ3v) is 7.59. The lowest BCUT2D eigenvalue weighted by Crippen LogP contribution is -2.15. The highest BCUT2D eigenvalue weighted by Crippen LogP contribution is 2.36. The van der Waals surface area contributed by atoms with Gasteiger partial charge < -0.3 is 30.7 Å². The van der Waals surface area contributed by atoms with E-state index in [-0.39, 0.29) is 12.5 Å². The number of para-hydroxylation sites is 1. The molecular weight excluding hydrogens is 574 g/mol. The Morgan fingerprint density at radius 2 is 1.73 bits per heavy atom. The fourth-order valence-corrected chi connectivity index (χ4v) is 5.25. The van der Waals surface area contributed by atoms with Gasteiger partial charge in [0.25, 0.3) is 0 Å². The topological polar surface area (TPSA) is 133 Å². The number of allylic oxidation sites excluding steroid dienone is 3. The second kappa shape index (κ2) is 16.9. The van der Waals surface area contributed by atoms with Crippen LogP contribution in [-0.2, 0) is 11.3 Å². The molecule has 2 aromatic carbocycles. The summed E-state index contributed by atoms with van der Waals surface area (Å²) >= 11 is 1.63. The van der Waals surface area contributed by atoms with E-state index in [2.05, 4.69) is 23.6 Å². The number of nitrogens with one attached hydrogen (secondary N) is 2. The van der Waals surface area contributed by atoms with Crippen LogP contribution in [-0.4, -0.2) is 49.2 Å². The van der Waals surface area contributed by atoms with E-state index in [1.165, 1.54) is 13.8 Å². The average molecular weight is 620 g/mol. The van der Waals surface area contributed by atoms with Crippen LogP contribution < -0.4 is 10.6 Å². The first-order valence-electron chi connectivity index (χ1n) is 14.8. The van der Waals surface area contributed by atoms with Crippen LogP contribution >= 0.6 is 11.3 Å². The summed E-state index contributed by atoms with van der Waals surface area (Å²) in [6.45, 7) is 11.9. The normalized spacial score (nSPS) is 12.8. The predicted molar refractivity (Wildman–Crippen MR) is 180 cm³/mol. The smallest absolute Gasteiger partial charge is 0.229 e. The van der Waals surface area contributed by atoms with Crippen molar-refractivity contribution in [2.24, 2.45) is 5.92 Å². The summed E-state index contributed by atoms with van der Waals surface area (Å²) < 4.78 is 7.20. The van der Waals surface area contributed by atoms with Gasteiger partial charge in [0.05, 0.1) is 27.2 Å². The predicted octanol–water partition coefficient (Wildman–Crippen LogP) is 7.03. The lowest BCUT2D eigenvalue weighted by atomic mass is 10.0. The molecule has 1 atom stereocenters. The Balaban J connectivity index is 0.000000978. The van der Waals surface area contributed by atoms with E-state index in [9.17, 15) is 5.11 Å². The van der Waals surface area contributed by atoms with Crippen LogP contribution in [0.15, 0.2) is 78.2 Å². The quantitative estimate of drug-likeness (QED) is 0.0608. The minimum absolute atomic E-state index is 0.179. The van der Waals surface area contributed by atoms with Crippen molar-refractivity contribution in [1.82, 2.24) is 15.0 Å². The number of aryl methyl sites for hydroxylation is 1. The Kier molecular flexibility index (Phi) is 13.3. The summed E-state index contributed by atoms with van der Waals surface area (Å²) in [7, 11) is 0. The minimum Gasteiger partial charge on any atom is -0.491 e. The Morgan fingerprint density at radius 3 is 2.36 bits per heavy atom. The third kappa shape index (κ3) is 11.0. The van der Waals surface area contributed by atoms with Crippen LogP contribution in [0.2, 0.25) is 0 Å². The lowest BCUT2D eigenvalue weighted by molar-refractivity contribution is -0.127. The molecule has 0 saturated heterocycles. The molecular formula is C34H45N5O4S. The van der Waals surface area contributed by atoms with Crippen molar-refractivity contribution in [3.8, 4) is 10.6 Å². The third-order valence-electron chi connectivity index (χ3n) is 6.54. The molecule has 0 fully saturated rings. The highest BCUT2D eigenvalue weighted by molar-refractivity contribution is 7.21. The van der Waals surface area contributed by atoms with E-state index in [0.29, 0.717) is 19.1 Å². The number of ether oxygens (including phenoxy) is 1. The molecule has 2 heterocycles. The van der Waals surface area contributed by atoms with Gasteiger partial charge in [-0.25, -0.2) is 9.97 Å². The van der Waals surface area contributed by atoms with Gasteiger partial charge >= 0.3 is 0 Å². The molecule has 9 nitrogen and oxygen atoms in total. The van der Waals surface area contributed by atoms with Crippen molar-refractivity contribution >= 4 is 33.3 Å². The number of thiazole rings is 1. The molecule has 0 aliphatic heterocycles. The fourth-order valence-electron chi connectivity index (χ4n) is 4.19. The van der Waals surface area contributed by atoms with Gasteiger partial charge in [0.2, 0.25) is 5.95 Å². The zero-order chi connectivity index (χ0) is 32.1. The van der Waals surface area contributed by atoms with E-state index in [4.69, 9.17) is 29.9 Å². The molecule has 0 aliphatic carbocycles. The Labute approximate surface area is 264 Å². The van der Waals surface area contributed by atoms with Crippen molar-refractivity contribution in [1.29, 1.82) is 0 Å². The highest BCUT2D eigenvalue weighted by atomic mass is 32.1. The number of nitrogens with zero attached hydrogens (tertiary/aromatic N) is 3. The number of hydrogen-bond acceptors (Lipinski definition) is 10. The van der Waals surface area contributed by atoms with Gasteiger partial charge in [-0.3, -0.25) is 0 Å². The van der Waals surface area contributed by atoms with E-state index in [0.717, 1.165) is 62.2 Å². The molecule has 1 unspecified atom stereocenters. The number of benzene rings is 2. The number of aliphatic hydroxyl groups excluding tert-OH is 1. The second-order valence-corrected chi connectivity index (χ2v) is 11.9. The lowest BCUT2D eigenvalue weighted by Gasteiger charge is -2.17. The molecule has 4 rings (SSSR count). The molecule has 10 heteroatoms. The van der Waals surface area contributed by atoms with Crippen LogP contribution in [0.3, 0.4) is 0 Å². The maximum Gasteiger partial charge on any atom is 0.229 e. The second-order valence-electron chi connectivity index (χ2n) is 10.9. The fraction of sp³-hybridized carbons (Fsp3) is 0.382. The molecule has 4 aromatic rings. The zero-order valence-corrected chi connectivity index (χ0v) is 27.3. The molecule has 2 aromatic heterocycles. The summed E-state index contributed by atoms with van der Waals surface area (Å²) in [4.78, 5) is 14.6. The molecule has 0 amide bonds. The monoisotopic (exact) mass is 619 g/mol. The summed E-state index contributed by atoms with van der Waals surface area (Å²) in [5, 5.41) is 33.6. The highest BCUT2D eigenvalue weighted by Gasteiger charge is 2.19. The van der Waals surface area contributed by atoms with E-state index in [1.54, 1.807) is 11.3 Å². The molecule has 0 radical (unpaired) electrons. The van der Waals surface area contributed by atoms with Crippen LogP contribution in [0.1, 0.15) is 58.7 Å². The SMILES string of the molecule is C/C=C\C(Nc1nc(C)c(-c2nc3ccccc3s2)c(NCCC(CC)CO)n1)=C(/C)OCc1ccccc1.CC(C)(O)O. The molecule has 0 spiro atoms. The number of anilines is 2. The minimum atomic E-state index is -1.50. The van der Waals surface area contributed by atoms with Crippen LogP contribution in [0, 0.1) is 12.8 Å². The maximum absolute atomic E-state index is 9.65. The molecule has 0 saturated carbocycles.